The molecule has 2 aromatic rings. The predicted molar refractivity (Wildman–Crippen MR) is 105 cm³/mol. The van der Waals surface area contributed by atoms with Crippen LogP contribution in [0.25, 0.3) is 0 Å². The van der Waals surface area contributed by atoms with Crippen molar-refractivity contribution in [2.24, 2.45) is 0 Å². The Kier molecular flexibility index (Phi) is 6.09. The summed E-state index contributed by atoms with van der Waals surface area (Å²) in [6, 6.07) is 7.77. The summed E-state index contributed by atoms with van der Waals surface area (Å²) < 4.78 is 65.3. The maximum atomic E-state index is 13.0. The molecule has 142 valence electrons. The Morgan fingerprint density at radius 2 is 1.54 bits per heavy atom. The molecule has 0 saturated heterocycles. The highest BCUT2D eigenvalue weighted by Gasteiger charge is 2.47. The van der Waals surface area contributed by atoms with Crippen LogP contribution < -0.4 is 4.72 Å². The molecule has 0 saturated carbocycles. The number of benzene rings is 2. The molecular weight excluding hydrogens is 478 g/mol. The van der Waals surface area contributed by atoms with Crippen molar-refractivity contribution >= 4 is 32.6 Å². The van der Waals surface area contributed by atoms with E-state index in [1.807, 2.05) is 59.4 Å². The molecule has 0 aliphatic carbocycles. The van der Waals surface area contributed by atoms with Gasteiger partial charge in [-0.2, -0.15) is 17.9 Å². The highest BCUT2D eigenvalue weighted by Crippen LogP contribution is 2.35. The van der Waals surface area contributed by atoms with Crippen molar-refractivity contribution in [3.63, 3.8) is 0 Å². The normalized spacial score (nSPS) is 13.7. The van der Waals surface area contributed by atoms with Crippen molar-refractivity contribution in [3.8, 4) is 0 Å². The number of rotatable bonds is 4. The zero-order chi connectivity index (χ0) is 19.9. The van der Waals surface area contributed by atoms with E-state index in [0.29, 0.717) is 14.7 Å². The van der Waals surface area contributed by atoms with Gasteiger partial charge >= 0.3 is 15.5 Å². The van der Waals surface area contributed by atoms with E-state index in [-0.39, 0.29) is 0 Å². The van der Waals surface area contributed by atoms with Crippen molar-refractivity contribution in [3.05, 3.63) is 67.3 Å². The smallest absolute Gasteiger partial charge is 0.203 e. The van der Waals surface area contributed by atoms with Gasteiger partial charge < -0.3 is 0 Å². The van der Waals surface area contributed by atoms with Crippen LogP contribution in [0.2, 0.25) is 0 Å². The van der Waals surface area contributed by atoms with E-state index in [9.17, 15) is 21.6 Å². The van der Waals surface area contributed by atoms with Crippen LogP contribution in [0, 0.1) is 31.3 Å². The molecule has 2 aromatic carbocycles. The maximum Gasteiger partial charge on any atom is 0.511 e. The minimum absolute atomic E-state index is 0.494. The van der Waals surface area contributed by atoms with Crippen molar-refractivity contribution in [1.29, 1.82) is 0 Å². The highest BCUT2D eigenvalue weighted by molar-refractivity contribution is 14.1. The topological polar surface area (TPSA) is 46.2 Å². The van der Waals surface area contributed by atoms with Crippen molar-refractivity contribution < 1.29 is 21.6 Å². The minimum atomic E-state index is -5.52. The zero-order valence-electron chi connectivity index (χ0n) is 14.7. The number of hydrogen-bond donors (Lipinski definition) is 1. The summed E-state index contributed by atoms with van der Waals surface area (Å²) in [4.78, 5) is 0. The first-order valence-corrected chi connectivity index (χ1v) is 10.3. The number of aryl methyl sites for hydroxylation is 4. The Morgan fingerprint density at radius 3 is 2.04 bits per heavy atom. The van der Waals surface area contributed by atoms with Gasteiger partial charge in [-0.1, -0.05) is 29.8 Å². The van der Waals surface area contributed by atoms with Crippen LogP contribution in [0.1, 0.15) is 39.4 Å². The lowest BCUT2D eigenvalue weighted by Crippen LogP contribution is -2.39. The largest absolute Gasteiger partial charge is 0.511 e. The summed E-state index contributed by atoms with van der Waals surface area (Å²) in [5.41, 5.74) is -1.02. The fraction of sp³-hybridized carbons (Fsp3) is 0.333. The molecule has 0 aromatic heterocycles. The van der Waals surface area contributed by atoms with Gasteiger partial charge in [-0.3, -0.25) is 0 Å². The van der Waals surface area contributed by atoms with E-state index in [1.54, 1.807) is 26.0 Å². The molecule has 0 radical (unpaired) electrons. The average molecular weight is 497 g/mol. The lowest BCUT2D eigenvalue weighted by molar-refractivity contribution is -0.0450. The van der Waals surface area contributed by atoms with Gasteiger partial charge in [-0.25, -0.2) is 8.42 Å². The number of nitrogens with one attached hydrogen (secondary N) is 1. The van der Waals surface area contributed by atoms with E-state index < -0.39 is 21.6 Å². The second-order valence-electron chi connectivity index (χ2n) is 6.34. The first-order valence-electron chi connectivity index (χ1n) is 7.76. The number of halogens is 4. The summed E-state index contributed by atoms with van der Waals surface area (Å²) in [7, 11) is -5.52. The molecule has 26 heavy (non-hydrogen) atoms. The molecule has 0 fully saturated rings. The third-order valence-corrected chi connectivity index (χ3v) is 6.13. The summed E-state index contributed by atoms with van der Waals surface area (Å²) in [5, 5.41) is 0. The molecule has 0 bridgehead atoms. The molecule has 0 aliphatic heterocycles. The van der Waals surface area contributed by atoms with Gasteiger partial charge in [0.05, 0.1) is 6.04 Å². The number of sulfonamides is 1. The fourth-order valence-electron chi connectivity index (χ4n) is 2.94. The Balaban J connectivity index is 2.72. The molecule has 0 spiro atoms. The van der Waals surface area contributed by atoms with E-state index >= 15 is 0 Å². The van der Waals surface area contributed by atoms with Crippen molar-refractivity contribution in [2.45, 2.75) is 39.2 Å². The molecule has 0 amide bonds. The van der Waals surface area contributed by atoms with Gasteiger partial charge in [-0.15, -0.1) is 0 Å². The van der Waals surface area contributed by atoms with Crippen molar-refractivity contribution in [1.82, 2.24) is 4.72 Å². The van der Waals surface area contributed by atoms with Crippen molar-refractivity contribution in [2.75, 3.05) is 0 Å². The molecule has 8 heteroatoms. The van der Waals surface area contributed by atoms with Gasteiger partial charge in [-0.05, 0) is 84.2 Å². The van der Waals surface area contributed by atoms with Crippen LogP contribution in [0.4, 0.5) is 13.2 Å². The third kappa shape index (κ3) is 4.40. The molecule has 0 heterocycles. The van der Waals surface area contributed by atoms with E-state index in [1.165, 1.54) is 0 Å². The molecular formula is C18H19F3INO2S. The molecule has 3 nitrogen and oxygen atoms in total. The maximum absolute atomic E-state index is 13.0. The highest BCUT2D eigenvalue weighted by atomic mass is 127. The van der Waals surface area contributed by atoms with Crippen LogP contribution in [0.5, 0.6) is 0 Å². The molecule has 1 N–H and O–H groups in total. The van der Waals surface area contributed by atoms with Crippen LogP contribution in [0.3, 0.4) is 0 Å². The predicted octanol–water partition coefficient (Wildman–Crippen LogP) is 5.05. The summed E-state index contributed by atoms with van der Waals surface area (Å²) in [6.07, 6.45) is 0. The van der Waals surface area contributed by atoms with Crippen LogP contribution in [-0.4, -0.2) is 13.9 Å². The number of hydrogen-bond acceptors (Lipinski definition) is 2. The average Bonchev–Trinajstić information content (AvgIpc) is 2.43. The summed E-state index contributed by atoms with van der Waals surface area (Å²) >= 11 is 2.03. The first-order chi connectivity index (χ1) is 11.8. The van der Waals surface area contributed by atoms with Gasteiger partial charge in [0.15, 0.2) is 0 Å². The third-order valence-electron chi connectivity index (χ3n) is 4.08. The molecule has 2 rings (SSSR count). The lowest BCUT2D eigenvalue weighted by atomic mass is 9.91. The number of alkyl halides is 3. The minimum Gasteiger partial charge on any atom is -0.203 e. The summed E-state index contributed by atoms with van der Waals surface area (Å²) in [6.45, 7) is 7.27. The Hall–Kier alpha value is -1.13. The van der Waals surface area contributed by atoms with E-state index in [4.69, 9.17) is 0 Å². The van der Waals surface area contributed by atoms with Gasteiger partial charge in [0.25, 0.3) is 0 Å². The SMILES string of the molecule is Cc1ccc([C@H](NS(=O)(=O)C(F)(F)F)c2c(C)cc(C)cc2I)c(C)c1. The van der Waals surface area contributed by atoms with Gasteiger partial charge in [0, 0.05) is 3.57 Å². The molecule has 0 unspecified atom stereocenters. The monoisotopic (exact) mass is 497 g/mol. The van der Waals surface area contributed by atoms with Crippen LogP contribution in [0.15, 0.2) is 30.3 Å². The second kappa shape index (κ2) is 7.47. The van der Waals surface area contributed by atoms with Crippen LogP contribution >= 0.6 is 22.6 Å². The standard InChI is InChI=1S/C18H19F3INO2S/c1-10-5-6-14(12(3)7-10)17(23-26(24,25)18(19,20)21)16-13(4)8-11(2)9-15(16)22/h5-9,17,23H,1-4H3/t17-/m0/s1. The Morgan fingerprint density at radius 1 is 0.962 bits per heavy atom. The molecule has 0 aliphatic rings. The van der Waals surface area contributed by atoms with Crippen LogP contribution in [-0.2, 0) is 10.0 Å². The Labute approximate surface area is 165 Å². The summed E-state index contributed by atoms with van der Waals surface area (Å²) in [5.74, 6) is 0. The zero-order valence-corrected chi connectivity index (χ0v) is 17.7. The molecule has 1 atom stereocenters. The lowest BCUT2D eigenvalue weighted by Gasteiger charge is -2.25. The van der Waals surface area contributed by atoms with Gasteiger partial charge in [0.1, 0.15) is 0 Å². The first kappa shape index (κ1) is 21.2. The van der Waals surface area contributed by atoms with Gasteiger partial charge in [0.2, 0.25) is 0 Å². The fourth-order valence-corrected chi connectivity index (χ4v) is 4.86. The Bertz CT molecular complexity index is 917. The van der Waals surface area contributed by atoms with E-state index in [0.717, 1.165) is 22.3 Å². The van der Waals surface area contributed by atoms with E-state index in [2.05, 4.69) is 0 Å². The second-order valence-corrected chi connectivity index (χ2v) is 9.21. The quantitative estimate of drug-likeness (QED) is 0.601.